The summed E-state index contributed by atoms with van der Waals surface area (Å²) in [6.07, 6.45) is 1.06. The molecule has 0 atom stereocenters. The second-order valence-corrected chi connectivity index (χ2v) is 4.93. The second kappa shape index (κ2) is 6.77. The van der Waals surface area contributed by atoms with Crippen LogP contribution >= 0.6 is 11.6 Å². The Bertz CT molecular complexity index is 490. The van der Waals surface area contributed by atoms with Gasteiger partial charge in [0.1, 0.15) is 0 Å². The Labute approximate surface area is 114 Å². The Morgan fingerprint density at radius 1 is 1.06 bits per heavy atom. The Morgan fingerprint density at radius 2 is 1.83 bits per heavy atom. The van der Waals surface area contributed by atoms with Crippen LogP contribution in [-0.2, 0) is 6.54 Å². The van der Waals surface area contributed by atoms with Gasteiger partial charge in [-0.2, -0.15) is 0 Å². The van der Waals surface area contributed by atoms with Gasteiger partial charge in [0.25, 0.3) is 0 Å². The van der Waals surface area contributed by atoms with E-state index in [1.807, 2.05) is 0 Å². The SMILES string of the molecule is CCN(CCCCl)Cc1cccc2ccccc12. The topological polar surface area (TPSA) is 3.24 Å². The molecule has 0 bridgehead atoms. The van der Waals surface area contributed by atoms with Gasteiger partial charge in [-0.25, -0.2) is 0 Å². The van der Waals surface area contributed by atoms with E-state index in [-0.39, 0.29) is 0 Å². The van der Waals surface area contributed by atoms with Crippen LogP contribution in [-0.4, -0.2) is 23.9 Å². The van der Waals surface area contributed by atoms with E-state index in [9.17, 15) is 0 Å². The number of hydrogen-bond acceptors (Lipinski definition) is 1. The van der Waals surface area contributed by atoms with Gasteiger partial charge in [-0.15, -0.1) is 11.6 Å². The van der Waals surface area contributed by atoms with Crippen LogP contribution < -0.4 is 0 Å². The van der Waals surface area contributed by atoms with E-state index in [0.717, 1.165) is 31.9 Å². The van der Waals surface area contributed by atoms with E-state index in [1.165, 1.54) is 16.3 Å². The van der Waals surface area contributed by atoms with E-state index in [2.05, 4.69) is 54.3 Å². The summed E-state index contributed by atoms with van der Waals surface area (Å²) in [6, 6.07) is 15.1. The molecule has 0 saturated carbocycles. The molecule has 0 radical (unpaired) electrons. The minimum Gasteiger partial charge on any atom is -0.299 e. The lowest BCUT2D eigenvalue weighted by Gasteiger charge is -2.20. The molecule has 0 aliphatic heterocycles. The number of nitrogens with zero attached hydrogens (tertiary/aromatic N) is 1. The highest BCUT2D eigenvalue weighted by atomic mass is 35.5. The maximum atomic E-state index is 5.77. The minimum absolute atomic E-state index is 0.742. The second-order valence-electron chi connectivity index (χ2n) is 4.55. The van der Waals surface area contributed by atoms with E-state index in [0.29, 0.717) is 0 Å². The van der Waals surface area contributed by atoms with Crippen molar-refractivity contribution in [2.45, 2.75) is 19.9 Å². The number of rotatable bonds is 6. The minimum atomic E-state index is 0.742. The van der Waals surface area contributed by atoms with Crippen LogP contribution in [0.15, 0.2) is 42.5 Å². The molecule has 1 nitrogen and oxygen atoms in total. The average Bonchev–Trinajstić information content (AvgIpc) is 2.43. The predicted octanol–water partition coefficient (Wildman–Crippen LogP) is 4.29. The summed E-state index contributed by atoms with van der Waals surface area (Å²) in [5, 5.41) is 2.69. The zero-order valence-electron chi connectivity index (χ0n) is 10.9. The molecule has 2 aromatic carbocycles. The van der Waals surface area contributed by atoms with Crippen LogP contribution in [0.5, 0.6) is 0 Å². The van der Waals surface area contributed by atoms with Crippen molar-refractivity contribution in [3.05, 3.63) is 48.0 Å². The van der Waals surface area contributed by atoms with Crippen LogP contribution in [0.1, 0.15) is 18.9 Å². The van der Waals surface area contributed by atoms with Crippen LogP contribution in [0.25, 0.3) is 10.8 Å². The van der Waals surface area contributed by atoms with Gasteiger partial charge in [0.15, 0.2) is 0 Å². The highest BCUT2D eigenvalue weighted by Crippen LogP contribution is 2.20. The fourth-order valence-electron chi connectivity index (χ4n) is 2.30. The van der Waals surface area contributed by atoms with Crippen molar-refractivity contribution in [2.24, 2.45) is 0 Å². The summed E-state index contributed by atoms with van der Waals surface area (Å²) in [7, 11) is 0. The van der Waals surface area contributed by atoms with Gasteiger partial charge in [-0.3, -0.25) is 4.90 Å². The molecule has 0 fully saturated rings. The third-order valence-electron chi connectivity index (χ3n) is 3.33. The van der Waals surface area contributed by atoms with Gasteiger partial charge >= 0.3 is 0 Å². The number of alkyl halides is 1. The first-order valence-electron chi connectivity index (χ1n) is 6.60. The maximum absolute atomic E-state index is 5.77. The molecule has 0 unspecified atom stereocenters. The van der Waals surface area contributed by atoms with E-state index >= 15 is 0 Å². The quantitative estimate of drug-likeness (QED) is 0.701. The van der Waals surface area contributed by atoms with Gasteiger partial charge in [-0.05, 0) is 35.8 Å². The Hall–Kier alpha value is -1.05. The summed E-state index contributed by atoms with van der Waals surface area (Å²) >= 11 is 5.77. The van der Waals surface area contributed by atoms with Crippen molar-refractivity contribution in [1.82, 2.24) is 4.90 Å². The van der Waals surface area contributed by atoms with Crippen molar-refractivity contribution in [2.75, 3.05) is 19.0 Å². The highest BCUT2D eigenvalue weighted by Gasteiger charge is 2.06. The predicted molar refractivity (Wildman–Crippen MR) is 80.2 cm³/mol. The fourth-order valence-corrected chi connectivity index (χ4v) is 2.42. The first kappa shape index (κ1) is 13.4. The van der Waals surface area contributed by atoms with Gasteiger partial charge in [0.2, 0.25) is 0 Å². The van der Waals surface area contributed by atoms with Crippen LogP contribution in [0.2, 0.25) is 0 Å². The summed E-state index contributed by atoms with van der Waals surface area (Å²) in [5.41, 5.74) is 1.41. The molecule has 2 rings (SSSR count). The zero-order valence-corrected chi connectivity index (χ0v) is 11.7. The smallest absolute Gasteiger partial charge is 0.0239 e. The fraction of sp³-hybridized carbons (Fsp3) is 0.375. The molecular formula is C16H20ClN. The lowest BCUT2D eigenvalue weighted by Crippen LogP contribution is -2.24. The summed E-state index contributed by atoms with van der Waals surface area (Å²) in [5.74, 6) is 0.742. The average molecular weight is 262 g/mol. The van der Waals surface area contributed by atoms with Gasteiger partial charge in [0.05, 0.1) is 0 Å². The Kier molecular flexibility index (Phi) is 5.03. The van der Waals surface area contributed by atoms with Crippen LogP contribution in [0, 0.1) is 0 Å². The Morgan fingerprint density at radius 3 is 2.61 bits per heavy atom. The molecule has 0 spiro atoms. The number of benzene rings is 2. The largest absolute Gasteiger partial charge is 0.299 e. The first-order valence-corrected chi connectivity index (χ1v) is 7.13. The first-order chi connectivity index (χ1) is 8.85. The molecule has 0 heterocycles. The van der Waals surface area contributed by atoms with E-state index in [4.69, 9.17) is 11.6 Å². The Balaban J connectivity index is 2.19. The van der Waals surface area contributed by atoms with Crippen LogP contribution in [0.4, 0.5) is 0 Å². The molecule has 0 aliphatic carbocycles. The van der Waals surface area contributed by atoms with Gasteiger partial charge in [-0.1, -0.05) is 49.4 Å². The van der Waals surface area contributed by atoms with Gasteiger partial charge < -0.3 is 0 Å². The molecule has 0 saturated heterocycles. The summed E-state index contributed by atoms with van der Waals surface area (Å²) < 4.78 is 0. The normalized spacial score (nSPS) is 11.3. The molecule has 0 aromatic heterocycles. The van der Waals surface area contributed by atoms with Crippen LogP contribution in [0.3, 0.4) is 0 Å². The van der Waals surface area contributed by atoms with Crippen molar-refractivity contribution in [3.8, 4) is 0 Å². The van der Waals surface area contributed by atoms with Crippen molar-refractivity contribution < 1.29 is 0 Å². The molecule has 0 N–H and O–H groups in total. The summed E-state index contributed by atoms with van der Waals surface area (Å²) in [6.45, 7) is 5.36. The van der Waals surface area contributed by atoms with E-state index < -0.39 is 0 Å². The summed E-state index contributed by atoms with van der Waals surface area (Å²) in [4.78, 5) is 2.45. The molecule has 0 aliphatic rings. The van der Waals surface area contributed by atoms with Crippen molar-refractivity contribution >= 4 is 22.4 Å². The van der Waals surface area contributed by atoms with Crippen molar-refractivity contribution in [1.29, 1.82) is 0 Å². The lowest BCUT2D eigenvalue weighted by atomic mass is 10.0. The highest BCUT2D eigenvalue weighted by molar-refractivity contribution is 6.17. The van der Waals surface area contributed by atoms with Crippen molar-refractivity contribution in [3.63, 3.8) is 0 Å². The third kappa shape index (κ3) is 3.24. The molecular weight excluding hydrogens is 242 g/mol. The number of fused-ring (bicyclic) bond motifs is 1. The molecule has 2 aromatic rings. The van der Waals surface area contributed by atoms with Gasteiger partial charge in [0, 0.05) is 12.4 Å². The molecule has 18 heavy (non-hydrogen) atoms. The van der Waals surface area contributed by atoms with E-state index in [1.54, 1.807) is 0 Å². The zero-order chi connectivity index (χ0) is 12.8. The lowest BCUT2D eigenvalue weighted by molar-refractivity contribution is 0.282. The number of halogens is 1. The molecule has 96 valence electrons. The maximum Gasteiger partial charge on any atom is 0.0239 e. The molecule has 2 heteroatoms. The molecule has 0 amide bonds. The third-order valence-corrected chi connectivity index (χ3v) is 3.60. The standard InChI is InChI=1S/C16H20ClN/c1-2-18(12-6-11-17)13-15-9-5-8-14-7-3-4-10-16(14)15/h3-5,7-10H,2,6,11-13H2,1H3. The number of hydrogen-bond donors (Lipinski definition) is 0. The monoisotopic (exact) mass is 261 g/mol.